The number of carbonyl (C=O) groups is 2. The van der Waals surface area contributed by atoms with Crippen molar-refractivity contribution in [2.24, 2.45) is 10.8 Å². The molecule has 2 atom stereocenters. The quantitative estimate of drug-likeness (QED) is 0.569. The Kier molecular flexibility index (Phi) is 3.45. The number of allylic oxidation sites excluding steroid dienone is 2. The van der Waals surface area contributed by atoms with Crippen LogP contribution in [0, 0.1) is 10.8 Å². The van der Waals surface area contributed by atoms with Crippen LogP contribution in [-0.2, 0) is 19.1 Å². The van der Waals surface area contributed by atoms with Crippen LogP contribution in [0.5, 0.6) is 0 Å². The summed E-state index contributed by atoms with van der Waals surface area (Å²) >= 11 is 0. The minimum Gasteiger partial charge on any atom is -0.462 e. The first-order chi connectivity index (χ1) is 8.74. The molecule has 0 N–H and O–H groups in total. The fraction of sp³-hybridized carbons (Fsp3) is 0.733. The number of hydrogen-bond donors (Lipinski definition) is 0. The topological polar surface area (TPSA) is 52.6 Å². The van der Waals surface area contributed by atoms with Crippen molar-refractivity contribution >= 4 is 11.9 Å². The molecule has 4 nitrogen and oxygen atoms in total. The lowest BCUT2D eigenvalue weighted by Crippen LogP contribution is -2.40. The summed E-state index contributed by atoms with van der Waals surface area (Å²) in [5.74, 6) is -0.711. The summed E-state index contributed by atoms with van der Waals surface area (Å²) in [7, 11) is 0. The van der Waals surface area contributed by atoms with Crippen molar-refractivity contribution in [2.45, 2.75) is 53.1 Å². The zero-order valence-electron chi connectivity index (χ0n) is 12.1. The fourth-order valence-electron chi connectivity index (χ4n) is 2.45. The van der Waals surface area contributed by atoms with Crippen LogP contribution in [0.25, 0.3) is 0 Å². The molecule has 1 unspecified atom stereocenters. The Morgan fingerprint density at radius 2 is 2.11 bits per heavy atom. The summed E-state index contributed by atoms with van der Waals surface area (Å²) < 4.78 is 10.5. The van der Waals surface area contributed by atoms with Crippen LogP contribution in [0.2, 0.25) is 0 Å². The second kappa shape index (κ2) is 4.66. The van der Waals surface area contributed by atoms with E-state index in [1.165, 1.54) is 5.57 Å². The molecule has 0 radical (unpaired) electrons. The van der Waals surface area contributed by atoms with Crippen molar-refractivity contribution < 1.29 is 19.1 Å². The fourth-order valence-corrected chi connectivity index (χ4v) is 2.45. The van der Waals surface area contributed by atoms with E-state index >= 15 is 0 Å². The number of esters is 2. The lowest BCUT2D eigenvalue weighted by Gasteiger charge is -2.32. The Balaban J connectivity index is 2.07. The lowest BCUT2D eigenvalue weighted by atomic mass is 9.76. The van der Waals surface area contributed by atoms with Crippen molar-refractivity contribution in [1.82, 2.24) is 0 Å². The third-order valence-electron chi connectivity index (χ3n) is 4.20. The van der Waals surface area contributed by atoms with Crippen LogP contribution in [-0.4, -0.2) is 24.6 Å². The van der Waals surface area contributed by atoms with Crippen molar-refractivity contribution in [1.29, 1.82) is 0 Å². The molecular weight excluding hydrogens is 244 g/mol. The van der Waals surface area contributed by atoms with E-state index in [1.54, 1.807) is 0 Å². The molecule has 4 heteroatoms. The first kappa shape index (κ1) is 14.1. The third-order valence-corrected chi connectivity index (χ3v) is 4.20. The largest absolute Gasteiger partial charge is 0.462 e. The molecule has 0 bridgehead atoms. The second-order valence-electron chi connectivity index (χ2n) is 6.70. The van der Waals surface area contributed by atoms with E-state index in [1.807, 2.05) is 20.8 Å². The Morgan fingerprint density at radius 1 is 1.42 bits per heavy atom. The molecule has 106 valence electrons. The maximum absolute atomic E-state index is 12.4. The number of carbonyl (C=O) groups excluding carboxylic acids is 2. The molecule has 1 heterocycles. The van der Waals surface area contributed by atoms with E-state index in [0.29, 0.717) is 13.0 Å². The van der Waals surface area contributed by atoms with Gasteiger partial charge in [-0.15, -0.1) is 0 Å². The predicted molar refractivity (Wildman–Crippen MR) is 70.3 cm³/mol. The van der Waals surface area contributed by atoms with Gasteiger partial charge in [-0.2, -0.15) is 0 Å². The van der Waals surface area contributed by atoms with Gasteiger partial charge in [0, 0.05) is 5.41 Å². The SMILES string of the molecule is CC1=CC[C@](C)(C(=O)OC2C(=O)OCC2(C)C)CC1. The molecule has 1 saturated heterocycles. The van der Waals surface area contributed by atoms with Crippen LogP contribution in [0.3, 0.4) is 0 Å². The monoisotopic (exact) mass is 266 g/mol. The molecule has 0 aromatic heterocycles. The highest BCUT2D eigenvalue weighted by atomic mass is 16.6. The Bertz CT molecular complexity index is 435. The van der Waals surface area contributed by atoms with Crippen molar-refractivity contribution in [2.75, 3.05) is 6.61 Å². The average Bonchev–Trinajstić information content (AvgIpc) is 2.60. The highest BCUT2D eigenvalue weighted by molar-refractivity contribution is 5.84. The third kappa shape index (κ3) is 2.67. The lowest BCUT2D eigenvalue weighted by molar-refractivity contribution is -0.171. The van der Waals surface area contributed by atoms with E-state index < -0.39 is 22.9 Å². The van der Waals surface area contributed by atoms with Crippen LogP contribution < -0.4 is 0 Å². The number of hydrogen-bond acceptors (Lipinski definition) is 4. The Labute approximate surface area is 114 Å². The van der Waals surface area contributed by atoms with Crippen LogP contribution >= 0.6 is 0 Å². The van der Waals surface area contributed by atoms with Gasteiger partial charge in [-0.3, -0.25) is 4.79 Å². The zero-order chi connectivity index (χ0) is 14.3. The van der Waals surface area contributed by atoms with E-state index in [9.17, 15) is 9.59 Å². The van der Waals surface area contributed by atoms with Gasteiger partial charge < -0.3 is 9.47 Å². The number of rotatable bonds is 2. The van der Waals surface area contributed by atoms with Gasteiger partial charge >= 0.3 is 11.9 Å². The van der Waals surface area contributed by atoms with E-state index in [-0.39, 0.29) is 5.97 Å². The van der Waals surface area contributed by atoms with E-state index in [4.69, 9.17) is 9.47 Å². The minimum atomic E-state index is -0.774. The smallest absolute Gasteiger partial charge is 0.348 e. The standard InChI is InChI=1S/C15H22O4/c1-10-5-7-15(4,8-6-10)13(17)19-11-12(16)18-9-14(11,2)3/h5,11H,6-9H2,1-4H3/t11?,15-/m0/s1. The number of ether oxygens (including phenoxy) is 2. The minimum absolute atomic E-state index is 0.284. The van der Waals surface area contributed by atoms with Gasteiger partial charge in [0.25, 0.3) is 0 Å². The molecule has 1 aliphatic heterocycles. The van der Waals surface area contributed by atoms with Gasteiger partial charge in [0.15, 0.2) is 0 Å². The molecule has 2 rings (SSSR count). The Hall–Kier alpha value is -1.32. The molecule has 0 spiro atoms. The van der Waals surface area contributed by atoms with Gasteiger partial charge in [0.05, 0.1) is 5.41 Å². The first-order valence-corrected chi connectivity index (χ1v) is 6.78. The highest BCUT2D eigenvalue weighted by Crippen LogP contribution is 2.38. The Morgan fingerprint density at radius 3 is 2.58 bits per heavy atom. The van der Waals surface area contributed by atoms with Crippen LogP contribution in [0.4, 0.5) is 0 Å². The predicted octanol–water partition coefficient (Wildman–Crippen LogP) is 2.62. The zero-order valence-corrected chi connectivity index (χ0v) is 12.1. The summed E-state index contributed by atoms with van der Waals surface area (Å²) in [5.41, 5.74) is 0.355. The molecule has 19 heavy (non-hydrogen) atoms. The van der Waals surface area contributed by atoms with E-state index in [2.05, 4.69) is 13.0 Å². The average molecular weight is 266 g/mol. The molecule has 0 aromatic carbocycles. The van der Waals surface area contributed by atoms with Gasteiger partial charge in [0.1, 0.15) is 6.61 Å². The van der Waals surface area contributed by atoms with E-state index in [0.717, 1.165) is 12.8 Å². The summed E-state index contributed by atoms with van der Waals surface area (Å²) in [4.78, 5) is 24.0. The molecule has 1 fully saturated rings. The van der Waals surface area contributed by atoms with Gasteiger partial charge in [-0.25, -0.2) is 4.79 Å². The molecular formula is C15H22O4. The molecule has 1 aliphatic carbocycles. The van der Waals surface area contributed by atoms with Gasteiger partial charge in [-0.05, 0) is 33.1 Å². The van der Waals surface area contributed by atoms with Crippen LogP contribution in [0.15, 0.2) is 11.6 Å². The summed E-state index contributed by atoms with van der Waals surface area (Å²) in [5, 5.41) is 0. The molecule has 0 amide bonds. The molecule has 0 aromatic rings. The number of cyclic esters (lactones) is 1. The maximum Gasteiger partial charge on any atom is 0.348 e. The second-order valence-corrected chi connectivity index (χ2v) is 6.70. The van der Waals surface area contributed by atoms with Gasteiger partial charge in [0.2, 0.25) is 6.10 Å². The van der Waals surface area contributed by atoms with Crippen molar-refractivity contribution in [3.8, 4) is 0 Å². The summed E-state index contributed by atoms with van der Waals surface area (Å²) in [6.45, 7) is 8.04. The first-order valence-electron chi connectivity index (χ1n) is 6.78. The maximum atomic E-state index is 12.4. The molecule has 0 saturated carbocycles. The van der Waals surface area contributed by atoms with Crippen molar-refractivity contribution in [3.63, 3.8) is 0 Å². The summed E-state index contributed by atoms with van der Waals surface area (Å²) in [6.07, 6.45) is 3.67. The summed E-state index contributed by atoms with van der Waals surface area (Å²) in [6, 6.07) is 0. The van der Waals surface area contributed by atoms with Crippen molar-refractivity contribution in [3.05, 3.63) is 11.6 Å². The van der Waals surface area contributed by atoms with Gasteiger partial charge in [-0.1, -0.05) is 25.5 Å². The van der Waals surface area contributed by atoms with Crippen LogP contribution in [0.1, 0.15) is 47.0 Å². The molecule has 2 aliphatic rings. The normalized spacial score (nSPS) is 33.6. The highest BCUT2D eigenvalue weighted by Gasteiger charge is 2.48.